The molecule has 1 heterocycles. The summed E-state index contributed by atoms with van der Waals surface area (Å²) >= 11 is 0. The number of hydrogen-bond acceptors (Lipinski definition) is 3. The van der Waals surface area contributed by atoms with E-state index in [1.54, 1.807) is 0 Å². The standard InChI is InChI=1S/C19H26N2O2/c22-18(7-8-19(23)21-17-9-11-20-12-10-17)16-6-5-14-3-1-2-4-15(14)13-16/h5-6,13,17,20H,1-4,7-12H2,(H,21,23). The van der Waals surface area contributed by atoms with Crippen LogP contribution in [0.15, 0.2) is 18.2 Å². The fourth-order valence-electron chi connectivity index (χ4n) is 3.54. The van der Waals surface area contributed by atoms with Crippen LogP contribution >= 0.6 is 0 Å². The third-order valence-electron chi connectivity index (χ3n) is 4.95. The summed E-state index contributed by atoms with van der Waals surface area (Å²) in [4.78, 5) is 24.3. The van der Waals surface area contributed by atoms with E-state index in [1.807, 2.05) is 12.1 Å². The summed E-state index contributed by atoms with van der Waals surface area (Å²) in [6.07, 6.45) is 7.21. The molecule has 0 radical (unpaired) electrons. The van der Waals surface area contributed by atoms with Gasteiger partial charge in [0.25, 0.3) is 0 Å². The Kier molecular flexibility index (Phi) is 5.44. The molecule has 0 aromatic heterocycles. The molecule has 4 nitrogen and oxygen atoms in total. The van der Waals surface area contributed by atoms with E-state index in [0.29, 0.717) is 12.8 Å². The van der Waals surface area contributed by atoms with Crippen molar-refractivity contribution in [3.05, 3.63) is 34.9 Å². The van der Waals surface area contributed by atoms with E-state index in [-0.39, 0.29) is 17.7 Å². The third-order valence-corrected chi connectivity index (χ3v) is 4.95. The molecule has 1 amide bonds. The molecule has 2 aliphatic rings. The van der Waals surface area contributed by atoms with Crippen molar-refractivity contribution in [1.82, 2.24) is 10.6 Å². The first-order valence-electron chi connectivity index (χ1n) is 8.87. The monoisotopic (exact) mass is 314 g/mol. The second-order valence-corrected chi connectivity index (χ2v) is 6.71. The van der Waals surface area contributed by atoms with Crippen molar-refractivity contribution in [2.75, 3.05) is 13.1 Å². The number of carbonyl (C=O) groups excluding carboxylic acids is 2. The quantitative estimate of drug-likeness (QED) is 0.821. The molecule has 2 N–H and O–H groups in total. The van der Waals surface area contributed by atoms with Gasteiger partial charge in [-0.05, 0) is 68.8 Å². The highest BCUT2D eigenvalue weighted by Crippen LogP contribution is 2.23. The molecule has 4 heteroatoms. The third kappa shape index (κ3) is 4.41. The topological polar surface area (TPSA) is 58.2 Å². The van der Waals surface area contributed by atoms with Gasteiger partial charge in [-0.15, -0.1) is 0 Å². The van der Waals surface area contributed by atoms with Gasteiger partial charge in [0.15, 0.2) is 5.78 Å². The summed E-state index contributed by atoms with van der Waals surface area (Å²) in [7, 11) is 0. The van der Waals surface area contributed by atoms with Gasteiger partial charge < -0.3 is 10.6 Å². The zero-order chi connectivity index (χ0) is 16.1. The fraction of sp³-hybridized carbons (Fsp3) is 0.579. The average Bonchev–Trinajstić information content (AvgIpc) is 2.60. The molecule has 0 spiro atoms. The van der Waals surface area contributed by atoms with Gasteiger partial charge in [-0.25, -0.2) is 0 Å². The molecule has 3 rings (SSSR count). The molecule has 1 aromatic carbocycles. The van der Waals surface area contributed by atoms with E-state index in [1.165, 1.54) is 24.0 Å². The van der Waals surface area contributed by atoms with Gasteiger partial charge in [0, 0.05) is 24.4 Å². The van der Waals surface area contributed by atoms with Crippen LogP contribution in [0, 0.1) is 0 Å². The van der Waals surface area contributed by atoms with Crippen molar-refractivity contribution < 1.29 is 9.59 Å². The lowest BCUT2D eigenvalue weighted by molar-refractivity contribution is -0.121. The molecule has 0 atom stereocenters. The van der Waals surface area contributed by atoms with Crippen LogP contribution in [0.5, 0.6) is 0 Å². The first-order valence-corrected chi connectivity index (χ1v) is 8.87. The number of amides is 1. The van der Waals surface area contributed by atoms with Crippen LogP contribution < -0.4 is 10.6 Å². The maximum absolute atomic E-state index is 12.3. The summed E-state index contributed by atoms with van der Waals surface area (Å²) in [5, 5.41) is 6.32. The van der Waals surface area contributed by atoms with Crippen LogP contribution in [0.25, 0.3) is 0 Å². The molecule has 0 saturated carbocycles. The normalized spacial score (nSPS) is 18.3. The minimum Gasteiger partial charge on any atom is -0.353 e. The Labute approximate surface area is 138 Å². The summed E-state index contributed by atoms with van der Waals surface area (Å²) in [6, 6.07) is 6.33. The Morgan fingerprint density at radius 1 is 1.04 bits per heavy atom. The molecule has 1 saturated heterocycles. The maximum atomic E-state index is 12.3. The number of nitrogens with one attached hydrogen (secondary N) is 2. The summed E-state index contributed by atoms with van der Waals surface area (Å²) in [6.45, 7) is 1.91. The van der Waals surface area contributed by atoms with Gasteiger partial charge in [-0.2, -0.15) is 0 Å². The van der Waals surface area contributed by atoms with Gasteiger partial charge in [0.05, 0.1) is 0 Å². The van der Waals surface area contributed by atoms with Crippen molar-refractivity contribution in [3.63, 3.8) is 0 Å². The molecule has 124 valence electrons. The number of benzene rings is 1. The van der Waals surface area contributed by atoms with Crippen LogP contribution in [0.2, 0.25) is 0 Å². The van der Waals surface area contributed by atoms with E-state index < -0.39 is 0 Å². The smallest absolute Gasteiger partial charge is 0.220 e. The molecule has 1 aliphatic heterocycles. The van der Waals surface area contributed by atoms with E-state index in [4.69, 9.17) is 0 Å². The zero-order valence-electron chi connectivity index (χ0n) is 13.7. The Balaban J connectivity index is 1.49. The van der Waals surface area contributed by atoms with Crippen LogP contribution in [-0.2, 0) is 17.6 Å². The first-order chi connectivity index (χ1) is 11.2. The number of piperidine rings is 1. The maximum Gasteiger partial charge on any atom is 0.220 e. The lowest BCUT2D eigenvalue weighted by atomic mass is 9.89. The van der Waals surface area contributed by atoms with Crippen molar-refractivity contribution in [3.8, 4) is 0 Å². The number of carbonyl (C=O) groups is 2. The lowest BCUT2D eigenvalue weighted by Crippen LogP contribution is -2.42. The average molecular weight is 314 g/mol. The Hall–Kier alpha value is -1.68. The molecule has 1 aliphatic carbocycles. The number of aryl methyl sites for hydroxylation is 2. The molecular formula is C19H26N2O2. The van der Waals surface area contributed by atoms with Gasteiger partial charge >= 0.3 is 0 Å². The van der Waals surface area contributed by atoms with E-state index >= 15 is 0 Å². The van der Waals surface area contributed by atoms with Crippen LogP contribution in [0.1, 0.15) is 60.0 Å². The second kappa shape index (κ2) is 7.73. The second-order valence-electron chi connectivity index (χ2n) is 6.71. The molecule has 1 fully saturated rings. The van der Waals surface area contributed by atoms with Crippen molar-refractivity contribution in [2.24, 2.45) is 0 Å². The number of ketones is 1. The van der Waals surface area contributed by atoms with E-state index in [2.05, 4.69) is 16.7 Å². The highest BCUT2D eigenvalue weighted by molar-refractivity contribution is 5.98. The Bertz CT molecular complexity index is 577. The summed E-state index contributed by atoms with van der Waals surface area (Å²) < 4.78 is 0. The minimum absolute atomic E-state index is 0.00297. The Morgan fingerprint density at radius 3 is 2.57 bits per heavy atom. The van der Waals surface area contributed by atoms with E-state index in [0.717, 1.165) is 44.3 Å². The van der Waals surface area contributed by atoms with Gasteiger partial charge in [0.2, 0.25) is 5.91 Å². The molecule has 0 bridgehead atoms. The van der Waals surface area contributed by atoms with E-state index in [9.17, 15) is 9.59 Å². The molecular weight excluding hydrogens is 288 g/mol. The van der Waals surface area contributed by atoms with Gasteiger partial charge in [0.1, 0.15) is 0 Å². The predicted octanol–water partition coefficient (Wildman–Crippen LogP) is 2.40. The highest BCUT2D eigenvalue weighted by atomic mass is 16.2. The van der Waals surface area contributed by atoms with Crippen LogP contribution in [0.3, 0.4) is 0 Å². The van der Waals surface area contributed by atoms with Crippen LogP contribution in [-0.4, -0.2) is 30.8 Å². The van der Waals surface area contributed by atoms with Crippen molar-refractivity contribution in [1.29, 1.82) is 0 Å². The summed E-state index contributed by atoms with van der Waals surface area (Å²) in [5.41, 5.74) is 3.47. The molecule has 1 aromatic rings. The Morgan fingerprint density at radius 2 is 1.78 bits per heavy atom. The fourth-order valence-corrected chi connectivity index (χ4v) is 3.54. The van der Waals surface area contributed by atoms with Crippen molar-refractivity contribution in [2.45, 2.75) is 57.4 Å². The number of hydrogen-bond donors (Lipinski definition) is 2. The number of Topliss-reactive ketones (excluding diaryl/α,β-unsaturated/α-hetero) is 1. The minimum atomic E-state index is 0.00297. The largest absolute Gasteiger partial charge is 0.353 e. The number of fused-ring (bicyclic) bond motifs is 1. The predicted molar refractivity (Wildman–Crippen MR) is 90.7 cm³/mol. The number of rotatable bonds is 5. The summed E-state index contributed by atoms with van der Waals surface area (Å²) in [5.74, 6) is 0.0852. The first kappa shape index (κ1) is 16.2. The van der Waals surface area contributed by atoms with Crippen LogP contribution in [0.4, 0.5) is 0 Å². The lowest BCUT2D eigenvalue weighted by Gasteiger charge is -2.23. The zero-order valence-corrected chi connectivity index (χ0v) is 13.7. The van der Waals surface area contributed by atoms with Gasteiger partial charge in [-0.3, -0.25) is 9.59 Å². The van der Waals surface area contributed by atoms with Crippen molar-refractivity contribution >= 4 is 11.7 Å². The van der Waals surface area contributed by atoms with Gasteiger partial charge in [-0.1, -0.05) is 12.1 Å². The SMILES string of the molecule is O=C(CCC(=O)c1ccc2c(c1)CCCC2)NC1CCNCC1. The molecule has 23 heavy (non-hydrogen) atoms. The highest BCUT2D eigenvalue weighted by Gasteiger charge is 2.17. The molecule has 0 unspecified atom stereocenters.